The Morgan fingerprint density at radius 1 is 1.39 bits per heavy atom. The molecule has 2 aliphatic carbocycles. The SMILES string of the molecule is CC(=O)OC1CC2(C)C(CCC3OC32C)C(CO)(CC(O)c2ccoc2)C1C. The number of fused-ring (bicyclic) bond motifs is 3. The van der Waals surface area contributed by atoms with Gasteiger partial charge >= 0.3 is 5.97 Å². The first-order chi connectivity index (χ1) is 13.2. The number of hydrogen-bond acceptors (Lipinski definition) is 6. The number of epoxide rings is 1. The summed E-state index contributed by atoms with van der Waals surface area (Å²) in [5.74, 6) is -0.229. The number of esters is 1. The lowest BCUT2D eigenvalue weighted by molar-refractivity contribution is -0.202. The van der Waals surface area contributed by atoms with Gasteiger partial charge in [-0.2, -0.15) is 0 Å². The Morgan fingerprint density at radius 3 is 2.75 bits per heavy atom. The van der Waals surface area contributed by atoms with Crippen LogP contribution >= 0.6 is 0 Å². The van der Waals surface area contributed by atoms with E-state index in [1.54, 1.807) is 18.6 Å². The van der Waals surface area contributed by atoms with Gasteiger partial charge in [-0.25, -0.2) is 0 Å². The molecule has 0 bridgehead atoms. The summed E-state index contributed by atoms with van der Waals surface area (Å²) in [6, 6.07) is 1.76. The number of carbonyl (C=O) groups excluding carboxylic acids is 1. The molecule has 8 unspecified atom stereocenters. The van der Waals surface area contributed by atoms with Crippen molar-refractivity contribution in [2.75, 3.05) is 6.61 Å². The first-order valence-electron chi connectivity index (χ1n) is 10.3. The molecule has 2 heterocycles. The number of aliphatic hydroxyl groups is 2. The molecule has 156 valence electrons. The van der Waals surface area contributed by atoms with E-state index in [2.05, 4.69) is 13.8 Å². The number of furan rings is 1. The van der Waals surface area contributed by atoms with Crippen LogP contribution in [-0.4, -0.2) is 40.6 Å². The second-order valence-electron chi connectivity index (χ2n) is 9.57. The van der Waals surface area contributed by atoms with Gasteiger partial charge in [0.1, 0.15) is 6.10 Å². The Hall–Kier alpha value is -1.37. The van der Waals surface area contributed by atoms with Gasteiger partial charge < -0.3 is 24.1 Å². The zero-order valence-electron chi connectivity index (χ0n) is 17.2. The highest BCUT2D eigenvalue weighted by atomic mass is 16.6. The number of rotatable bonds is 5. The molecule has 3 aliphatic rings. The van der Waals surface area contributed by atoms with E-state index in [-0.39, 0.29) is 47.6 Å². The average molecular weight is 392 g/mol. The van der Waals surface area contributed by atoms with Crippen LogP contribution in [0, 0.1) is 22.7 Å². The molecule has 1 saturated heterocycles. The van der Waals surface area contributed by atoms with E-state index in [0.717, 1.165) is 19.3 Å². The van der Waals surface area contributed by atoms with E-state index >= 15 is 0 Å². The monoisotopic (exact) mass is 392 g/mol. The third-order valence-electron chi connectivity index (χ3n) is 8.46. The highest BCUT2D eigenvalue weighted by molar-refractivity contribution is 5.66. The van der Waals surface area contributed by atoms with Crippen LogP contribution in [0.15, 0.2) is 23.0 Å². The van der Waals surface area contributed by atoms with E-state index in [0.29, 0.717) is 12.0 Å². The summed E-state index contributed by atoms with van der Waals surface area (Å²) >= 11 is 0. The average Bonchev–Trinajstić information content (AvgIpc) is 3.07. The minimum Gasteiger partial charge on any atom is -0.472 e. The van der Waals surface area contributed by atoms with Crippen molar-refractivity contribution in [3.63, 3.8) is 0 Å². The lowest BCUT2D eigenvalue weighted by Gasteiger charge is -2.61. The molecule has 2 saturated carbocycles. The molecule has 8 atom stereocenters. The van der Waals surface area contributed by atoms with Gasteiger partial charge in [-0.05, 0) is 44.6 Å². The standard InChI is InChI=1S/C22H32O6/c1-13-17(27-14(2)24)10-20(3)18(5-6-19-21(20,4)28-19)22(13,12-23)9-16(25)15-7-8-26-11-15/h7-8,11,13,16-19,23,25H,5-6,9-10,12H2,1-4H3. The lowest BCUT2D eigenvalue weighted by atomic mass is 9.43. The molecular formula is C22H32O6. The van der Waals surface area contributed by atoms with E-state index in [4.69, 9.17) is 13.9 Å². The highest BCUT2D eigenvalue weighted by Crippen LogP contribution is 2.70. The molecule has 0 spiro atoms. The van der Waals surface area contributed by atoms with Gasteiger partial charge in [0, 0.05) is 35.8 Å². The predicted molar refractivity (Wildman–Crippen MR) is 101 cm³/mol. The summed E-state index contributed by atoms with van der Waals surface area (Å²) in [5.41, 5.74) is -0.375. The molecule has 0 aromatic carbocycles. The molecule has 1 aromatic rings. The summed E-state index contributed by atoms with van der Waals surface area (Å²) < 4.78 is 17.0. The van der Waals surface area contributed by atoms with Gasteiger partial charge in [-0.1, -0.05) is 13.8 Å². The molecule has 0 radical (unpaired) electrons. The number of aliphatic hydroxyl groups excluding tert-OH is 2. The second-order valence-corrected chi connectivity index (χ2v) is 9.57. The van der Waals surface area contributed by atoms with Crippen molar-refractivity contribution in [2.45, 2.75) is 77.3 Å². The normalized spacial score (nSPS) is 45.6. The zero-order valence-corrected chi connectivity index (χ0v) is 17.2. The fourth-order valence-electron chi connectivity index (χ4n) is 6.58. The van der Waals surface area contributed by atoms with Crippen molar-refractivity contribution >= 4 is 5.97 Å². The molecule has 0 amide bonds. The first kappa shape index (κ1) is 19.9. The van der Waals surface area contributed by atoms with Crippen molar-refractivity contribution in [3.05, 3.63) is 24.2 Å². The van der Waals surface area contributed by atoms with Crippen LogP contribution in [0.4, 0.5) is 0 Å². The Kier molecular flexibility index (Phi) is 4.68. The van der Waals surface area contributed by atoms with Crippen LogP contribution < -0.4 is 0 Å². The van der Waals surface area contributed by atoms with Crippen LogP contribution in [0.25, 0.3) is 0 Å². The molecule has 1 aromatic heterocycles. The van der Waals surface area contributed by atoms with E-state index in [1.807, 2.05) is 6.92 Å². The van der Waals surface area contributed by atoms with Crippen molar-refractivity contribution in [1.29, 1.82) is 0 Å². The maximum atomic E-state index is 11.8. The summed E-state index contributed by atoms with van der Waals surface area (Å²) in [6.45, 7) is 7.78. The molecule has 28 heavy (non-hydrogen) atoms. The van der Waals surface area contributed by atoms with Gasteiger partial charge in [0.2, 0.25) is 0 Å². The minimum absolute atomic E-state index is 0.0676. The molecule has 2 N–H and O–H groups in total. The Balaban J connectivity index is 1.75. The van der Waals surface area contributed by atoms with E-state index in [9.17, 15) is 15.0 Å². The number of hydrogen-bond donors (Lipinski definition) is 2. The van der Waals surface area contributed by atoms with Gasteiger partial charge in [0.05, 0.1) is 30.3 Å². The lowest BCUT2D eigenvalue weighted by Crippen LogP contribution is -2.63. The van der Waals surface area contributed by atoms with E-state index < -0.39 is 11.5 Å². The van der Waals surface area contributed by atoms with Crippen molar-refractivity contribution < 1.29 is 28.9 Å². The molecule has 6 heteroatoms. The van der Waals surface area contributed by atoms with Crippen LogP contribution in [0.1, 0.15) is 65.0 Å². The Morgan fingerprint density at radius 2 is 2.14 bits per heavy atom. The maximum Gasteiger partial charge on any atom is 0.302 e. The second kappa shape index (κ2) is 6.57. The molecular weight excluding hydrogens is 360 g/mol. The Bertz CT molecular complexity index is 731. The quantitative estimate of drug-likeness (QED) is 0.590. The van der Waals surface area contributed by atoms with Gasteiger partial charge in [0.15, 0.2) is 0 Å². The largest absolute Gasteiger partial charge is 0.472 e. The zero-order chi connectivity index (χ0) is 20.3. The Labute approximate surface area is 166 Å². The fraction of sp³-hybridized carbons (Fsp3) is 0.773. The van der Waals surface area contributed by atoms with Crippen LogP contribution in [0.2, 0.25) is 0 Å². The van der Waals surface area contributed by atoms with Crippen LogP contribution in [0.5, 0.6) is 0 Å². The third kappa shape index (κ3) is 2.68. The molecule has 4 rings (SSSR count). The molecule has 1 aliphatic heterocycles. The summed E-state index contributed by atoms with van der Waals surface area (Å²) in [6.07, 6.45) is 5.27. The number of carbonyl (C=O) groups is 1. The van der Waals surface area contributed by atoms with Crippen LogP contribution in [-0.2, 0) is 14.3 Å². The summed E-state index contributed by atoms with van der Waals surface area (Å²) in [4.78, 5) is 11.8. The van der Waals surface area contributed by atoms with E-state index in [1.165, 1.54) is 6.92 Å². The topological polar surface area (TPSA) is 92.4 Å². The molecule has 3 fully saturated rings. The van der Waals surface area contributed by atoms with Crippen molar-refractivity contribution in [3.8, 4) is 0 Å². The minimum atomic E-state index is -0.751. The smallest absolute Gasteiger partial charge is 0.302 e. The fourth-order valence-corrected chi connectivity index (χ4v) is 6.58. The van der Waals surface area contributed by atoms with Gasteiger partial charge in [-0.15, -0.1) is 0 Å². The van der Waals surface area contributed by atoms with Gasteiger partial charge in [-0.3, -0.25) is 4.79 Å². The number of ether oxygens (including phenoxy) is 2. The maximum absolute atomic E-state index is 11.8. The van der Waals surface area contributed by atoms with Crippen molar-refractivity contribution in [1.82, 2.24) is 0 Å². The summed E-state index contributed by atoms with van der Waals surface area (Å²) in [5, 5.41) is 21.7. The van der Waals surface area contributed by atoms with Gasteiger partial charge in [0.25, 0.3) is 0 Å². The van der Waals surface area contributed by atoms with Crippen molar-refractivity contribution in [2.24, 2.45) is 22.7 Å². The highest BCUT2D eigenvalue weighted by Gasteiger charge is 2.74. The van der Waals surface area contributed by atoms with Crippen LogP contribution in [0.3, 0.4) is 0 Å². The third-order valence-corrected chi connectivity index (χ3v) is 8.46. The predicted octanol–water partition coefficient (Wildman–Crippen LogP) is 3.23. The summed E-state index contributed by atoms with van der Waals surface area (Å²) in [7, 11) is 0. The first-order valence-corrected chi connectivity index (χ1v) is 10.3. The molecule has 6 nitrogen and oxygen atoms in total.